The van der Waals surface area contributed by atoms with Gasteiger partial charge in [-0.2, -0.15) is 0 Å². The van der Waals surface area contributed by atoms with E-state index in [0.717, 1.165) is 18.2 Å². The van der Waals surface area contributed by atoms with Crippen LogP contribution in [0, 0.1) is 13.9 Å². The van der Waals surface area contributed by atoms with Crippen LogP contribution in [0.5, 0.6) is 0 Å². The van der Waals surface area contributed by atoms with Gasteiger partial charge < -0.3 is 8.83 Å². The van der Waals surface area contributed by atoms with E-state index in [9.17, 15) is 18.5 Å². The molecule has 22 heavy (non-hydrogen) atoms. The van der Waals surface area contributed by atoms with E-state index in [2.05, 4.69) is 0 Å². The average molecular weight is 478 g/mol. The Labute approximate surface area is 148 Å². The van der Waals surface area contributed by atoms with Gasteiger partial charge in [-0.05, 0) is 40.8 Å². The van der Waals surface area contributed by atoms with E-state index >= 15 is 0 Å². The molecule has 0 saturated carbocycles. The van der Waals surface area contributed by atoms with Crippen molar-refractivity contribution < 1.29 is 22.2 Å². The summed E-state index contributed by atoms with van der Waals surface area (Å²) in [6, 6.07) is 5.31. The zero-order valence-corrected chi connectivity index (χ0v) is 14.9. The van der Waals surface area contributed by atoms with Crippen molar-refractivity contribution in [3.05, 3.63) is 49.7 Å². The quantitative estimate of drug-likeness (QED) is 0.278. The molecule has 2 aromatic heterocycles. The van der Waals surface area contributed by atoms with E-state index < -0.39 is 29.7 Å². The van der Waals surface area contributed by atoms with Crippen LogP contribution in [0.3, 0.4) is 0 Å². The molecule has 0 unspecified atom stereocenters. The molecule has 0 N–H and O–H groups in total. The molecule has 11 heteroatoms. The van der Waals surface area contributed by atoms with Crippen molar-refractivity contribution in [2.75, 3.05) is 0 Å². The maximum absolute atomic E-state index is 12.2. The largest absolute Gasteiger partial charge is 0.451 e. The second kappa shape index (κ2) is 6.60. The summed E-state index contributed by atoms with van der Waals surface area (Å²) in [5, 5.41) is 10.7. The van der Waals surface area contributed by atoms with Gasteiger partial charge in [-0.15, -0.1) is 0 Å². The lowest BCUT2D eigenvalue weighted by Gasteiger charge is -2.06. The molecule has 0 aliphatic rings. The van der Waals surface area contributed by atoms with Crippen LogP contribution in [0.1, 0.15) is 11.5 Å². The first-order valence-electron chi connectivity index (χ1n) is 5.45. The van der Waals surface area contributed by atoms with Gasteiger partial charge in [-0.3, -0.25) is 10.1 Å². The smallest absolute Gasteiger partial charge is 0.433 e. The number of sulfone groups is 1. The van der Waals surface area contributed by atoms with Crippen molar-refractivity contribution in [2.45, 2.75) is 4.17 Å². The fraction of sp³-hybridized carbons (Fsp3) is 0.0909. The number of alkyl halides is 2. The van der Waals surface area contributed by atoms with Gasteiger partial charge in [0, 0.05) is 6.08 Å². The van der Waals surface area contributed by atoms with Crippen molar-refractivity contribution in [3.63, 3.8) is 0 Å². The standard InChI is InChI=1S/C11H6Cl2INO6S/c12-11(13)22(18,19)8(5-6-1-3-9(14)20-6)7-2-4-10(21-7)15(16)17/h1-5,11H/b8-5-. The number of hydrogen-bond acceptors (Lipinski definition) is 6. The Hall–Kier alpha value is -1.04. The first kappa shape index (κ1) is 17.3. The highest BCUT2D eigenvalue weighted by Crippen LogP contribution is 2.33. The third kappa shape index (κ3) is 3.65. The fourth-order valence-corrected chi connectivity index (χ4v) is 3.36. The highest BCUT2D eigenvalue weighted by Gasteiger charge is 2.31. The van der Waals surface area contributed by atoms with E-state index in [1.807, 2.05) is 22.6 Å². The zero-order valence-electron chi connectivity index (χ0n) is 10.4. The Morgan fingerprint density at radius 1 is 1.27 bits per heavy atom. The Bertz CT molecular complexity index is 838. The van der Waals surface area contributed by atoms with E-state index in [0.29, 0.717) is 3.77 Å². The minimum atomic E-state index is -4.18. The summed E-state index contributed by atoms with van der Waals surface area (Å²) < 4.78 is 33.4. The van der Waals surface area contributed by atoms with Crippen LogP contribution >= 0.6 is 45.8 Å². The maximum Gasteiger partial charge on any atom is 0.433 e. The summed E-state index contributed by atoms with van der Waals surface area (Å²) in [6.45, 7) is 0. The fourth-order valence-electron chi connectivity index (χ4n) is 1.48. The zero-order chi connectivity index (χ0) is 16.5. The van der Waals surface area contributed by atoms with E-state index in [4.69, 9.17) is 32.0 Å². The molecule has 2 aromatic rings. The highest BCUT2D eigenvalue weighted by molar-refractivity contribution is 14.1. The molecule has 0 radical (unpaired) electrons. The first-order valence-corrected chi connectivity index (χ1v) is 8.95. The molecule has 0 aromatic carbocycles. The average Bonchev–Trinajstić information content (AvgIpc) is 3.04. The molecule has 2 heterocycles. The molecule has 0 atom stereocenters. The molecular weight excluding hydrogens is 472 g/mol. The summed E-state index contributed by atoms with van der Waals surface area (Å²) in [5.41, 5.74) is 0. The van der Waals surface area contributed by atoms with Crippen LogP contribution in [0.2, 0.25) is 0 Å². The number of furan rings is 2. The summed E-state index contributed by atoms with van der Waals surface area (Å²) in [4.78, 5) is 9.45. The van der Waals surface area contributed by atoms with Gasteiger partial charge in [-0.1, -0.05) is 23.2 Å². The number of nitrogens with zero attached hydrogens (tertiary/aromatic N) is 1. The molecule has 0 amide bonds. The first-order chi connectivity index (χ1) is 10.2. The molecule has 0 bridgehead atoms. The lowest BCUT2D eigenvalue weighted by molar-refractivity contribution is -0.402. The van der Waals surface area contributed by atoms with Gasteiger partial charge in [0.15, 0.2) is 9.53 Å². The van der Waals surface area contributed by atoms with Crippen molar-refractivity contribution in [1.82, 2.24) is 0 Å². The van der Waals surface area contributed by atoms with Gasteiger partial charge in [0.05, 0.1) is 6.07 Å². The number of hydrogen-bond donors (Lipinski definition) is 0. The van der Waals surface area contributed by atoms with Gasteiger partial charge in [0.1, 0.15) is 15.6 Å². The lowest BCUT2D eigenvalue weighted by Crippen LogP contribution is -2.10. The topological polar surface area (TPSA) is 104 Å². The van der Waals surface area contributed by atoms with E-state index in [1.165, 1.54) is 6.07 Å². The molecule has 2 rings (SSSR count). The molecular formula is C11H6Cl2INO6S. The number of rotatable bonds is 5. The van der Waals surface area contributed by atoms with Crippen molar-refractivity contribution >= 4 is 72.5 Å². The van der Waals surface area contributed by atoms with Gasteiger partial charge in [0.25, 0.3) is 0 Å². The van der Waals surface area contributed by atoms with Gasteiger partial charge >= 0.3 is 5.88 Å². The molecule has 118 valence electrons. The highest BCUT2D eigenvalue weighted by atomic mass is 127. The number of halogens is 3. The minimum absolute atomic E-state index is 0.205. The van der Waals surface area contributed by atoms with Crippen LogP contribution in [-0.2, 0) is 9.84 Å². The molecule has 0 spiro atoms. The Balaban J connectivity index is 2.60. The van der Waals surface area contributed by atoms with Crippen molar-refractivity contribution in [3.8, 4) is 0 Å². The molecule has 0 fully saturated rings. The third-order valence-corrected chi connectivity index (χ3v) is 5.81. The minimum Gasteiger partial charge on any atom is -0.451 e. The Kier molecular flexibility index (Phi) is 5.20. The summed E-state index contributed by atoms with van der Waals surface area (Å²) in [7, 11) is -4.18. The maximum atomic E-state index is 12.2. The van der Waals surface area contributed by atoms with E-state index in [-0.39, 0.29) is 11.5 Å². The van der Waals surface area contributed by atoms with Crippen molar-refractivity contribution in [2.24, 2.45) is 0 Å². The second-order valence-electron chi connectivity index (χ2n) is 3.85. The normalized spacial score (nSPS) is 12.8. The lowest BCUT2D eigenvalue weighted by atomic mass is 10.3. The molecule has 0 saturated heterocycles. The SMILES string of the molecule is O=[N+]([O-])c1ccc(/C(=C/c2ccc(I)o2)S(=O)(=O)C(Cl)Cl)o1. The predicted molar refractivity (Wildman–Crippen MR) is 89.1 cm³/mol. The molecule has 0 aliphatic carbocycles. The predicted octanol–water partition coefficient (Wildman–Crippen LogP) is 4.06. The summed E-state index contributed by atoms with van der Waals surface area (Å²) >= 11 is 12.9. The van der Waals surface area contributed by atoms with Crippen LogP contribution in [0.15, 0.2) is 33.1 Å². The van der Waals surface area contributed by atoms with Crippen molar-refractivity contribution in [1.29, 1.82) is 0 Å². The van der Waals surface area contributed by atoms with Crippen LogP contribution in [-0.4, -0.2) is 17.5 Å². The Morgan fingerprint density at radius 3 is 2.41 bits per heavy atom. The summed E-state index contributed by atoms with van der Waals surface area (Å²) in [6.07, 6.45) is 1.14. The Morgan fingerprint density at radius 2 is 1.95 bits per heavy atom. The van der Waals surface area contributed by atoms with E-state index in [1.54, 1.807) is 6.07 Å². The number of nitro groups is 1. The second-order valence-corrected chi connectivity index (χ2v) is 8.53. The third-order valence-electron chi connectivity index (χ3n) is 2.42. The molecule has 0 aliphatic heterocycles. The molecule has 7 nitrogen and oxygen atoms in total. The monoisotopic (exact) mass is 477 g/mol. The van der Waals surface area contributed by atoms with Crippen LogP contribution in [0.4, 0.5) is 5.88 Å². The van der Waals surface area contributed by atoms with Gasteiger partial charge in [-0.25, -0.2) is 8.42 Å². The summed E-state index contributed by atoms with van der Waals surface area (Å²) in [5.74, 6) is -0.661. The van der Waals surface area contributed by atoms with Gasteiger partial charge in [0.2, 0.25) is 14.0 Å². The van der Waals surface area contributed by atoms with Crippen LogP contribution in [0.25, 0.3) is 11.0 Å². The van der Waals surface area contributed by atoms with Crippen LogP contribution < -0.4 is 0 Å².